The third-order valence-electron chi connectivity index (χ3n) is 4.33. The molecule has 0 amide bonds. The molecule has 118 valence electrons. The Bertz CT molecular complexity index is 699. The molecule has 2 unspecified atom stereocenters. The minimum atomic E-state index is -0.337. The molecule has 0 bridgehead atoms. The van der Waals surface area contributed by atoms with Gasteiger partial charge < -0.3 is 9.80 Å². The number of allylic oxidation sites excluding steroid dienone is 1. The van der Waals surface area contributed by atoms with Crippen molar-refractivity contribution in [3.8, 4) is 6.07 Å². The van der Waals surface area contributed by atoms with Gasteiger partial charge in [0.15, 0.2) is 0 Å². The van der Waals surface area contributed by atoms with Crippen LogP contribution in [0.4, 0.5) is 0 Å². The molecule has 1 aromatic carbocycles. The van der Waals surface area contributed by atoms with Gasteiger partial charge in [0.25, 0.3) is 0 Å². The predicted molar refractivity (Wildman–Crippen MR) is 88.8 cm³/mol. The lowest BCUT2D eigenvalue weighted by Gasteiger charge is -2.21. The standard InChI is InChI=1S/C18H20N4O/c1-21(2)12-20-16-14(11-19)15-9-6-10-22(15)17(16)18(23)13-7-4-3-5-8-13/h3-5,7-8,12,14-15H,6,9-10H2,1-2H3. The average molecular weight is 308 g/mol. The van der Waals surface area contributed by atoms with Crippen LogP contribution in [0.2, 0.25) is 0 Å². The zero-order valence-electron chi connectivity index (χ0n) is 13.4. The fourth-order valence-electron chi connectivity index (χ4n) is 3.33. The summed E-state index contributed by atoms with van der Waals surface area (Å²) in [7, 11) is 3.75. The van der Waals surface area contributed by atoms with Gasteiger partial charge in [-0.2, -0.15) is 5.26 Å². The lowest BCUT2D eigenvalue weighted by molar-refractivity contribution is 0.0993. The zero-order chi connectivity index (χ0) is 16.4. The van der Waals surface area contributed by atoms with Gasteiger partial charge in [0.2, 0.25) is 5.78 Å². The number of rotatable bonds is 4. The van der Waals surface area contributed by atoms with Crippen LogP contribution in [0.3, 0.4) is 0 Å². The van der Waals surface area contributed by atoms with E-state index in [0.29, 0.717) is 17.0 Å². The molecule has 1 aromatic rings. The highest BCUT2D eigenvalue weighted by Gasteiger charge is 2.45. The van der Waals surface area contributed by atoms with E-state index in [1.807, 2.05) is 49.3 Å². The Labute approximate surface area is 136 Å². The molecule has 0 N–H and O–H groups in total. The van der Waals surface area contributed by atoms with E-state index in [4.69, 9.17) is 0 Å². The molecule has 0 saturated carbocycles. The normalized spacial score (nSPS) is 23.3. The van der Waals surface area contributed by atoms with Gasteiger partial charge >= 0.3 is 0 Å². The summed E-state index contributed by atoms with van der Waals surface area (Å²) >= 11 is 0. The van der Waals surface area contributed by atoms with Gasteiger partial charge in [0, 0.05) is 26.2 Å². The van der Waals surface area contributed by atoms with E-state index < -0.39 is 0 Å². The maximum absolute atomic E-state index is 13.0. The number of ketones is 1. The van der Waals surface area contributed by atoms with E-state index >= 15 is 0 Å². The molecular formula is C18H20N4O. The molecular weight excluding hydrogens is 288 g/mol. The second-order valence-corrected chi connectivity index (χ2v) is 6.15. The van der Waals surface area contributed by atoms with Gasteiger partial charge in [-0.25, -0.2) is 4.99 Å². The van der Waals surface area contributed by atoms with E-state index in [-0.39, 0.29) is 17.7 Å². The minimum absolute atomic E-state index is 0.0406. The van der Waals surface area contributed by atoms with Crippen LogP contribution < -0.4 is 0 Å². The molecule has 1 fully saturated rings. The van der Waals surface area contributed by atoms with Crippen molar-refractivity contribution in [2.75, 3.05) is 20.6 Å². The lowest BCUT2D eigenvalue weighted by atomic mass is 9.98. The maximum Gasteiger partial charge on any atom is 0.210 e. The van der Waals surface area contributed by atoms with E-state index in [2.05, 4.69) is 16.0 Å². The highest BCUT2D eigenvalue weighted by Crippen LogP contribution is 2.41. The second-order valence-electron chi connectivity index (χ2n) is 6.15. The first-order valence-electron chi connectivity index (χ1n) is 7.84. The first-order chi connectivity index (χ1) is 11.1. The molecule has 0 spiro atoms. The van der Waals surface area contributed by atoms with E-state index in [1.165, 1.54) is 0 Å². The molecule has 5 nitrogen and oxygen atoms in total. The molecule has 0 aromatic heterocycles. The van der Waals surface area contributed by atoms with Crippen LogP contribution in [0.5, 0.6) is 0 Å². The van der Waals surface area contributed by atoms with Gasteiger partial charge in [-0.1, -0.05) is 30.3 Å². The lowest BCUT2D eigenvalue weighted by Crippen LogP contribution is -2.29. The summed E-state index contributed by atoms with van der Waals surface area (Å²) < 4.78 is 0. The number of carbonyl (C=O) groups excluding carboxylic acids is 1. The van der Waals surface area contributed by atoms with Crippen LogP contribution in [0, 0.1) is 17.2 Å². The number of fused-ring (bicyclic) bond motifs is 1. The Morgan fingerprint density at radius 3 is 2.78 bits per heavy atom. The Hall–Kier alpha value is -2.61. The molecule has 23 heavy (non-hydrogen) atoms. The zero-order valence-corrected chi connectivity index (χ0v) is 13.4. The highest BCUT2D eigenvalue weighted by molar-refractivity contribution is 6.09. The number of hydrogen-bond acceptors (Lipinski definition) is 4. The Morgan fingerprint density at radius 2 is 2.13 bits per heavy atom. The van der Waals surface area contributed by atoms with Gasteiger partial charge in [0.1, 0.15) is 11.6 Å². The molecule has 0 aliphatic carbocycles. The molecule has 5 heteroatoms. The van der Waals surface area contributed by atoms with E-state index in [1.54, 1.807) is 6.34 Å². The summed E-state index contributed by atoms with van der Waals surface area (Å²) in [6.07, 6.45) is 3.62. The van der Waals surface area contributed by atoms with Gasteiger partial charge in [-0.3, -0.25) is 4.79 Å². The molecule has 2 atom stereocenters. The fraction of sp³-hybridized carbons (Fsp3) is 0.389. The Morgan fingerprint density at radius 1 is 1.39 bits per heavy atom. The number of aliphatic imine (C=N–C) groups is 1. The number of nitriles is 1. The molecule has 1 saturated heterocycles. The molecule has 2 heterocycles. The summed E-state index contributed by atoms with van der Waals surface area (Å²) in [6.45, 7) is 0.817. The number of hydrogen-bond donors (Lipinski definition) is 0. The van der Waals surface area contributed by atoms with E-state index in [9.17, 15) is 10.1 Å². The van der Waals surface area contributed by atoms with Crippen molar-refractivity contribution in [1.82, 2.24) is 9.80 Å². The first kappa shape index (κ1) is 15.3. The third-order valence-corrected chi connectivity index (χ3v) is 4.33. The van der Waals surface area contributed by atoms with Crippen molar-refractivity contribution in [3.05, 3.63) is 47.3 Å². The van der Waals surface area contributed by atoms with Crippen molar-refractivity contribution in [3.63, 3.8) is 0 Å². The number of nitrogens with zero attached hydrogens (tertiary/aromatic N) is 4. The number of carbonyl (C=O) groups is 1. The summed E-state index contributed by atoms with van der Waals surface area (Å²) in [4.78, 5) is 21.4. The largest absolute Gasteiger partial charge is 0.369 e. The van der Waals surface area contributed by atoms with Crippen molar-refractivity contribution in [2.24, 2.45) is 10.9 Å². The van der Waals surface area contributed by atoms with Crippen molar-refractivity contribution in [1.29, 1.82) is 5.26 Å². The van der Waals surface area contributed by atoms with Crippen molar-refractivity contribution in [2.45, 2.75) is 18.9 Å². The maximum atomic E-state index is 13.0. The Kier molecular flexibility index (Phi) is 4.16. The predicted octanol–water partition coefficient (Wildman–Crippen LogP) is 2.29. The molecule has 2 aliphatic heterocycles. The molecule has 3 rings (SSSR count). The number of benzene rings is 1. The van der Waals surface area contributed by atoms with Crippen LogP contribution in [0.1, 0.15) is 23.2 Å². The van der Waals surface area contributed by atoms with Crippen LogP contribution >= 0.6 is 0 Å². The van der Waals surface area contributed by atoms with Gasteiger partial charge in [-0.05, 0) is 12.8 Å². The third kappa shape index (κ3) is 2.72. The monoisotopic (exact) mass is 308 g/mol. The summed E-state index contributed by atoms with van der Waals surface area (Å²) in [6, 6.07) is 11.7. The highest BCUT2D eigenvalue weighted by atomic mass is 16.1. The second kappa shape index (κ2) is 6.25. The Balaban J connectivity index is 2.08. The summed E-state index contributed by atoms with van der Waals surface area (Å²) in [5, 5.41) is 9.61. The van der Waals surface area contributed by atoms with Crippen LogP contribution in [-0.2, 0) is 0 Å². The fourth-order valence-corrected chi connectivity index (χ4v) is 3.33. The van der Waals surface area contributed by atoms with Gasteiger partial charge in [0.05, 0.1) is 24.1 Å². The van der Waals surface area contributed by atoms with Crippen molar-refractivity contribution < 1.29 is 4.79 Å². The SMILES string of the molecule is CN(C)C=NC1=C(C(=O)c2ccccc2)N2CCCC2C1C#N. The number of Topliss-reactive ketones (excluding diaryl/α,β-unsaturated/α-hetero) is 1. The average Bonchev–Trinajstić information content (AvgIpc) is 3.12. The smallest absolute Gasteiger partial charge is 0.210 e. The first-order valence-corrected chi connectivity index (χ1v) is 7.84. The topological polar surface area (TPSA) is 59.7 Å². The van der Waals surface area contributed by atoms with E-state index in [0.717, 1.165) is 19.4 Å². The summed E-state index contributed by atoms with van der Waals surface area (Å²) in [5.41, 5.74) is 1.85. The van der Waals surface area contributed by atoms with Gasteiger partial charge in [-0.15, -0.1) is 0 Å². The quantitative estimate of drug-likeness (QED) is 0.486. The van der Waals surface area contributed by atoms with Crippen LogP contribution in [-0.4, -0.2) is 48.6 Å². The molecule has 0 radical (unpaired) electrons. The summed E-state index contributed by atoms with van der Waals surface area (Å²) in [5.74, 6) is -0.377. The van der Waals surface area contributed by atoms with Crippen LogP contribution in [0.25, 0.3) is 0 Å². The van der Waals surface area contributed by atoms with Crippen LogP contribution in [0.15, 0.2) is 46.7 Å². The minimum Gasteiger partial charge on any atom is -0.369 e. The van der Waals surface area contributed by atoms with Crippen molar-refractivity contribution >= 4 is 12.1 Å². The molecule has 2 aliphatic rings.